The van der Waals surface area contributed by atoms with E-state index in [1.807, 2.05) is 24.0 Å². The molecule has 1 N–H and O–H groups in total. The normalized spacial score (nSPS) is 17.1. The van der Waals surface area contributed by atoms with Gasteiger partial charge < -0.3 is 9.88 Å². The Morgan fingerprint density at radius 3 is 2.70 bits per heavy atom. The molecule has 1 atom stereocenters. The van der Waals surface area contributed by atoms with Gasteiger partial charge in [-0.3, -0.25) is 14.7 Å². The van der Waals surface area contributed by atoms with E-state index in [1.165, 1.54) is 5.56 Å². The maximum absolute atomic E-state index is 12.6. The molecule has 0 saturated carbocycles. The van der Waals surface area contributed by atoms with Gasteiger partial charge in [-0.25, -0.2) is 9.97 Å². The van der Waals surface area contributed by atoms with E-state index in [9.17, 15) is 4.79 Å². The van der Waals surface area contributed by atoms with Gasteiger partial charge in [0.15, 0.2) is 5.65 Å². The monoisotopic (exact) mass is 364 g/mol. The molecular weight excluding hydrogens is 340 g/mol. The molecular formula is C20H24N6O. The van der Waals surface area contributed by atoms with Crippen LogP contribution in [0, 0.1) is 0 Å². The first-order valence-electron chi connectivity index (χ1n) is 9.34. The van der Waals surface area contributed by atoms with Gasteiger partial charge in [0.2, 0.25) is 0 Å². The highest BCUT2D eigenvalue weighted by atomic mass is 16.1. The van der Waals surface area contributed by atoms with Crippen LogP contribution in [-0.4, -0.2) is 49.5 Å². The highest BCUT2D eigenvalue weighted by molar-refractivity contribution is 5.96. The lowest BCUT2D eigenvalue weighted by atomic mass is 10.0. The van der Waals surface area contributed by atoms with Crippen molar-refractivity contribution in [3.63, 3.8) is 0 Å². The van der Waals surface area contributed by atoms with Crippen molar-refractivity contribution in [1.82, 2.24) is 29.7 Å². The first-order chi connectivity index (χ1) is 13.1. The Morgan fingerprint density at radius 2 is 1.96 bits per heavy atom. The van der Waals surface area contributed by atoms with Crippen LogP contribution in [0.2, 0.25) is 0 Å². The Hall–Kier alpha value is -2.80. The average molecular weight is 364 g/mol. The highest BCUT2D eigenvalue weighted by Gasteiger charge is 2.25. The molecule has 7 nitrogen and oxygen atoms in total. The molecule has 1 amide bonds. The van der Waals surface area contributed by atoms with Crippen molar-refractivity contribution >= 4 is 17.1 Å². The lowest BCUT2D eigenvalue weighted by Gasteiger charge is -2.36. The number of imidazole rings is 1. The maximum Gasteiger partial charge on any atom is 0.253 e. The number of hydrogen-bond acceptors (Lipinski definition) is 5. The first kappa shape index (κ1) is 17.6. The molecule has 3 aromatic heterocycles. The molecule has 0 aromatic carbocycles. The molecule has 4 rings (SSSR count). The van der Waals surface area contributed by atoms with Crippen LogP contribution in [-0.2, 0) is 7.05 Å². The Morgan fingerprint density at radius 1 is 1.22 bits per heavy atom. The number of likely N-dealkylation sites (tertiary alicyclic amines) is 1. The minimum absolute atomic E-state index is 0.0734. The van der Waals surface area contributed by atoms with Crippen LogP contribution < -0.4 is 5.32 Å². The standard InChI is InChI=1S/C20H24N6O/c1-14(15-3-7-21-8-4-15)26-9-5-17(6-10-26)24-20(27)16-11-18-19(22-12-16)25(2)13-23-18/h3-4,7-8,11-14,17H,5-6,9-10H2,1-2H3,(H,24,27)/t14-/m0/s1. The van der Waals surface area contributed by atoms with Gasteiger partial charge in [-0.2, -0.15) is 0 Å². The molecule has 0 bridgehead atoms. The number of fused-ring (bicyclic) bond motifs is 1. The zero-order chi connectivity index (χ0) is 18.8. The van der Waals surface area contributed by atoms with E-state index in [0.29, 0.717) is 11.6 Å². The highest BCUT2D eigenvalue weighted by Crippen LogP contribution is 2.24. The number of rotatable bonds is 4. The molecule has 3 aromatic rings. The molecule has 27 heavy (non-hydrogen) atoms. The average Bonchev–Trinajstić information content (AvgIpc) is 3.09. The van der Waals surface area contributed by atoms with Gasteiger partial charge in [0.05, 0.1) is 11.9 Å². The van der Waals surface area contributed by atoms with Crippen LogP contribution in [0.1, 0.15) is 41.7 Å². The van der Waals surface area contributed by atoms with Crippen molar-refractivity contribution < 1.29 is 4.79 Å². The van der Waals surface area contributed by atoms with E-state index in [-0.39, 0.29) is 11.9 Å². The van der Waals surface area contributed by atoms with E-state index in [1.54, 1.807) is 18.6 Å². The minimum Gasteiger partial charge on any atom is -0.349 e. The predicted molar refractivity (Wildman–Crippen MR) is 103 cm³/mol. The van der Waals surface area contributed by atoms with Gasteiger partial charge in [0.25, 0.3) is 5.91 Å². The van der Waals surface area contributed by atoms with Crippen LogP contribution in [0.5, 0.6) is 0 Å². The van der Waals surface area contributed by atoms with Gasteiger partial charge >= 0.3 is 0 Å². The molecule has 140 valence electrons. The maximum atomic E-state index is 12.6. The number of piperidine rings is 1. The lowest BCUT2D eigenvalue weighted by molar-refractivity contribution is 0.0895. The fraction of sp³-hybridized carbons (Fsp3) is 0.400. The minimum atomic E-state index is -0.0734. The summed E-state index contributed by atoms with van der Waals surface area (Å²) in [5.74, 6) is -0.0734. The van der Waals surface area contributed by atoms with Gasteiger partial charge in [-0.15, -0.1) is 0 Å². The van der Waals surface area contributed by atoms with E-state index >= 15 is 0 Å². The molecule has 7 heteroatoms. The quantitative estimate of drug-likeness (QED) is 0.769. The SMILES string of the molecule is C[C@@H](c1ccncc1)N1CCC(NC(=O)c2cnc3c(c2)ncn3C)CC1. The van der Waals surface area contributed by atoms with E-state index in [0.717, 1.165) is 37.1 Å². The summed E-state index contributed by atoms with van der Waals surface area (Å²) < 4.78 is 1.84. The van der Waals surface area contributed by atoms with Crippen molar-refractivity contribution in [3.8, 4) is 0 Å². The van der Waals surface area contributed by atoms with Crippen LogP contribution in [0.25, 0.3) is 11.2 Å². The molecule has 4 heterocycles. The number of amides is 1. The Labute approximate surface area is 158 Å². The molecule has 1 aliphatic rings. The largest absolute Gasteiger partial charge is 0.349 e. The predicted octanol–water partition coefficient (Wildman–Crippen LogP) is 2.32. The van der Waals surface area contributed by atoms with E-state index in [4.69, 9.17) is 0 Å². The topological polar surface area (TPSA) is 75.9 Å². The number of nitrogens with zero attached hydrogens (tertiary/aromatic N) is 5. The molecule has 1 fully saturated rings. The summed E-state index contributed by atoms with van der Waals surface area (Å²) in [5.41, 5.74) is 3.37. The zero-order valence-electron chi connectivity index (χ0n) is 15.7. The number of aryl methyl sites for hydroxylation is 1. The molecule has 1 saturated heterocycles. The van der Waals surface area contributed by atoms with Crippen molar-refractivity contribution in [1.29, 1.82) is 0 Å². The summed E-state index contributed by atoms with van der Waals surface area (Å²) in [6.07, 6.45) is 8.90. The Balaban J connectivity index is 1.35. The van der Waals surface area contributed by atoms with Crippen molar-refractivity contribution in [2.45, 2.75) is 31.8 Å². The number of aromatic nitrogens is 4. The molecule has 0 radical (unpaired) electrons. The second-order valence-electron chi connectivity index (χ2n) is 7.16. The number of carbonyl (C=O) groups is 1. The van der Waals surface area contributed by atoms with Crippen molar-refractivity contribution in [2.75, 3.05) is 13.1 Å². The summed E-state index contributed by atoms with van der Waals surface area (Å²) in [6.45, 7) is 4.15. The molecule has 0 unspecified atom stereocenters. The Kier molecular flexibility index (Phi) is 4.85. The molecule has 0 aliphatic carbocycles. The molecule has 0 spiro atoms. The fourth-order valence-electron chi connectivity index (χ4n) is 3.69. The second kappa shape index (κ2) is 7.44. The summed E-state index contributed by atoms with van der Waals surface area (Å²) >= 11 is 0. The third-order valence-corrected chi connectivity index (χ3v) is 5.41. The van der Waals surface area contributed by atoms with Gasteiger partial charge in [-0.1, -0.05) is 0 Å². The number of carbonyl (C=O) groups excluding carboxylic acids is 1. The van der Waals surface area contributed by atoms with Crippen molar-refractivity contribution in [3.05, 3.63) is 54.2 Å². The summed E-state index contributed by atoms with van der Waals surface area (Å²) in [4.78, 5) is 27.8. The summed E-state index contributed by atoms with van der Waals surface area (Å²) in [7, 11) is 1.89. The van der Waals surface area contributed by atoms with Crippen LogP contribution in [0.4, 0.5) is 0 Å². The van der Waals surface area contributed by atoms with Gasteiger partial charge in [0.1, 0.15) is 5.52 Å². The summed E-state index contributed by atoms with van der Waals surface area (Å²) in [5, 5.41) is 3.16. The third kappa shape index (κ3) is 3.68. The van der Waals surface area contributed by atoms with Crippen molar-refractivity contribution in [2.24, 2.45) is 7.05 Å². The zero-order valence-corrected chi connectivity index (χ0v) is 15.7. The number of nitrogens with one attached hydrogen (secondary N) is 1. The van der Waals surface area contributed by atoms with Crippen LogP contribution in [0.15, 0.2) is 43.1 Å². The van der Waals surface area contributed by atoms with Crippen LogP contribution in [0.3, 0.4) is 0 Å². The van der Waals surface area contributed by atoms with E-state index < -0.39 is 0 Å². The Bertz CT molecular complexity index is 930. The third-order valence-electron chi connectivity index (χ3n) is 5.41. The van der Waals surface area contributed by atoms with Gasteiger partial charge in [-0.05, 0) is 43.5 Å². The number of pyridine rings is 2. The fourth-order valence-corrected chi connectivity index (χ4v) is 3.69. The molecule has 1 aliphatic heterocycles. The lowest BCUT2D eigenvalue weighted by Crippen LogP contribution is -2.45. The first-order valence-corrected chi connectivity index (χ1v) is 9.34. The number of hydrogen-bond donors (Lipinski definition) is 1. The second-order valence-corrected chi connectivity index (χ2v) is 7.16. The summed E-state index contributed by atoms with van der Waals surface area (Å²) in [6, 6.07) is 6.50. The van der Waals surface area contributed by atoms with E-state index in [2.05, 4.69) is 44.2 Å². The van der Waals surface area contributed by atoms with Crippen LogP contribution >= 0.6 is 0 Å². The van der Waals surface area contributed by atoms with Gasteiger partial charge in [0, 0.05) is 50.8 Å². The smallest absolute Gasteiger partial charge is 0.253 e.